The number of hydrogen-bond donors (Lipinski definition) is 2. The molecule has 5 nitrogen and oxygen atoms in total. The van der Waals surface area contributed by atoms with Gasteiger partial charge in [-0.3, -0.25) is 4.79 Å². The molecule has 2 amide bonds. The van der Waals surface area contributed by atoms with E-state index in [0.29, 0.717) is 0 Å². The van der Waals surface area contributed by atoms with E-state index in [2.05, 4.69) is 18.5 Å². The second-order valence-corrected chi connectivity index (χ2v) is 5.55. The highest BCUT2D eigenvalue weighted by Crippen LogP contribution is 2.23. The molecule has 1 unspecified atom stereocenters. The summed E-state index contributed by atoms with van der Waals surface area (Å²) in [5, 5.41) is 2.45. The molecule has 0 aromatic heterocycles. The molecule has 0 aliphatic rings. The molecule has 5 heteroatoms. The SMILES string of the molecule is C=CC(OC(=O)N[C@H](C(N)=O)[C@H](C)C=C)C(C)(C)C. The van der Waals surface area contributed by atoms with Crippen LogP contribution in [0.1, 0.15) is 27.7 Å². The van der Waals surface area contributed by atoms with Crippen molar-refractivity contribution in [3.63, 3.8) is 0 Å². The number of rotatable bonds is 6. The first-order valence-corrected chi connectivity index (χ1v) is 6.15. The Hall–Kier alpha value is -1.78. The zero-order valence-corrected chi connectivity index (χ0v) is 12.1. The Kier molecular flexibility index (Phi) is 6.32. The maximum absolute atomic E-state index is 11.8. The molecule has 0 fully saturated rings. The maximum Gasteiger partial charge on any atom is 0.408 e. The van der Waals surface area contributed by atoms with Crippen molar-refractivity contribution in [3.8, 4) is 0 Å². The van der Waals surface area contributed by atoms with E-state index in [1.165, 1.54) is 0 Å². The highest BCUT2D eigenvalue weighted by molar-refractivity contribution is 5.84. The number of ether oxygens (including phenoxy) is 1. The molecule has 0 heterocycles. The third kappa shape index (κ3) is 5.59. The number of primary amides is 1. The third-order valence-corrected chi connectivity index (χ3v) is 2.78. The topological polar surface area (TPSA) is 81.4 Å². The van der Waals surface area contributed by atoms with E-state index in [0.717, 1.165) is 0 Å². The van der Waals surface area contributed by atoms with Gasteiger partial charge in [-0.2, -0.15) is 0 Å². The van der Waals surface area contributed by atoms with Gasteiger partial charge in [0.2, 0.25) is 5.91 Å². The second kappa shape index (κ2) is 6.97. The number of carbonyl (C=O) groups excluding carboxylic acids is 2. The van der Waals surface area contributed by atoms with Gasteiger partial charge in [0, 0.05) is 11.3 Å². The molecule has 0 spiro atoms. The summed E-state index contributed by atoms with van der Waals surface area (Å²) in [5.74, 6) is -0.905. The molecule has 3 N–H and O–H groups in total. The number of nitrogens with one attached hydrogen (secondary N) is 1. The number of nitrogens with two attached hydrogens (primary N) is 1. The zero-order chi connectivity index (χ0) is 15.2. The van der Waals surface area contributed by atoms with E-state index < -0.39 is 24.1 Å². The first-order valence-electron chi connectivity index (χ1n) is 6.15. The fourth-order valence-corrected chi connectivity index (χ4v) is 1.45. The summed E-state index contributed by atoms with van der Waals surface area (Å²) in [6.45, 7) is 14.7. The quantitative estimate of drug-likeness (QED) is 0.723. The highest BCUT2D eigenvalue weighted by atomic mass is 16.6. The average Bonchev–Trinajstić information content (AvgIpc) is 2.30. The van der Waals surface area contributed by atoms with Crippen LogP contribution >= 0.6 is 0 Å². The lowest BCUT2D eigenvalue weighted by Crippen LogP contribution is -2.49. The van der Waals surface area contributed by atoms with Gasteiger partial charge < -0.3 is 15.8 Å². The number of alkyl carbamates (subject to hydrolysis) is 1. The molecule has 0 aliphatic heterocycles. The van der Waals surface area contributed by atoms with E-state index in [9.17, 15) is 9.59 Å². The van der Waals surface area contributed by atoms with E-state index in [-0.39, 0.29) is 11.3 Å². The monoisotopic (exact) mass is 268 g/mol. The lowest BCUT2D eigenvalue weighted by molar-refractivity contribution is -0.120. The summed E-state index contributed by atoms with van der Waals surface area (Å²) >= 11 is 0. The van der Waals surface area contributed by atoms with Crippen LogP contribution in [0, 0.1) is 11.3 Å². The fraction of sp³-hybridized carbons (Fsp3) is 0.571. The standard InChI is InChI=1S/C14H24N2O3/c1-7-9(3)11(12(15)17)16-13(18)19-10(8-2)14(4,5)6/h7-11H,1-2H2,3-6H3,(H2,15,17)(H,16,18)/t9-,10?,11+/m1/s1. The van der Waals surface area contributed by atoms with Gasteiger partial charge in [-0.1, -0.05) is 46.4 Å². The second-order valence-electron chi connectivity index (χ2n) is 5.55. The van der Waals surface area contributed by atoms with Gasteiger partial charge in [-0.05, 0) is 0 Å². The molecule has 3 atom stereocenters. The fourth-order valence-electron chi connectivity index (χ4n) is 1.45. The van der Waals surface area contributed by atoms with Crippen LogP contribution in [0.4, 0.5) is 4.79 Å². The van der Waals surface area contributed by atoms with E-state index >= 15 is 0 Å². The van der Waals surface area contributed by atoms with Crippen LogP contribution in [0.3, 0.4) is 0 Å². The summed E-state index contributed by atoms with van der Waals surface area (Å²) < 4.78 is 5.23. The molecule has 19 heavy (non-hydrogen) atoms. The van der Waals surface area contributed by atoms with E-state index in [4.69, 9.17) is 10.5 Å². The van der Waals surface area contributed by atoms with Crippen molar-refractivity contribution in [2.45, 2.75) is 39.8 Å². The van der Waals surface area contributed by atoms with E-state index in [1.54, 1.807) is 19.1 Å². The molecular weight excluding hydrogens is 244 g/mol. The molecule has 0 aromatic rings. The number of amides is 2. The summed E-state index contributed by atoms with van der Waals surface area (Å²) in [5.41, 5.74) is 4.96. The molecule has 0 bridgehead atoms. The largest absolute Gasteiger partial charge is 0.441 e. The van der Waals surface area contributed by atoms with Crippen LogP contribution in [0.25, 0.3) is 0 Å². The molecule has 0 radical (unpaired) electrons. The van der Waals surface area contributed by atoms with Crippen molar-refractivity contribution in [1.82, 2.24) is 5.32 Å². The highest BCUT2D eigenvalue weighted by Gasteiger charge is 2.28. The van der Waals surface area contributed by atoms with E-state index in [1.807, 2.05) is 20.8 Å². The predicted molar refractivity (Wildman–Crippen MR) is 75.4 cm³/mol. The third-order valence-electron chi connectivity index (χ3n) is 2.78. The van der Waals surface area contributed by atoms with Crippen molar-refractivity contribution in [1.29, 1.82) is 0 Å². The van der Waals surface area contributed by atoms with Crippen LogP contribution < -0.4 is 11.1 Å². The Morgan fingerprint density at radius 1 is 1.26 bits per heavy atom. The summed E-state index contributed by atoms with van der Waals surface area (Å²) in [4.78, 5) is 23.0. The molecule has 0 saturated heterocycles. The van der Waals surface area contributed by atoms with Gasteiger partial charge >= 0.3 is 6.09 Å². The normalized spacial score (nSPS) is 15.8. The van der Waals surface area contributed by atoms with Crippen LogP contribution in [0.15, 0.2) is 25.3 Å². The van der Waals surface area contributed by atoms with Gasteiger partial charge in [0.1, 0.15) is 12.1 Å². The first-order chi connectivity index (χ1) is 8.63. The van der Waals surface area contributed by atoms with Crippen molar-refractivity contribution in [2.75, 3.05) is 0 Å². The minimum absolute atomic E-state index is 0.272. The average molecular weight is 268 g/mol. The molecule has 0 aromatic carbocycles. The van der Waals surface area contributed by atoms with Gasteiger partial charge in [0.25, 0.3) is 0 Å². The van der Waals surface area contributed by atoms with Crippen LogP contribution in [-0.2, 0) is 9.53 Å². The van der Waals surface area contributed by atoms with Gasteiger partial charge in [0.05, 0.1) is 0 Å². The minimum Gasteiger partial charge on any atom is -0.441 e. The summed E-state index contributed by atoms with van der Waals surface area (Å²) in [6, 6.07) is -0.838. The lowest BCUT2D eigenvalue weighted by Gasteiger charge is -2.28. The Morgan fingerprint density at radius 3 is 2.11 bits per heavy atom. The molecule has 0 rings (SSSR count). The lowest BCUT2D eigenvalue weighted by atomic mass is 9.89. The Balaban J connectivity index is 4.71. The summed E-state index contributed by atoms with van der Waals surface area (Å²) in [6.07, 6.45) is 1.94. The molecule has 108 valence electrons. The Labute approximate surface area is 114 Å². The van der Waals surface area contributed by atoms with Gasteiger partial charge in [0.15, 0.2) is 0 Å². The van der Waals surface area contributed by atoms with Crippen molar-refractivity contribution in [2.24, 2.45) is 17.1 Å². The van der Waals surface area contributed by atoms with Gasteiger partial charge in [-0.25, -0.2) is 4.79 Å². The van der Waals surface area contributed by atoms with Crippen molar-refractivity contribution in [3.05, 3.63) is 25.3 Å². The molecule has 0 aliphatic carbocycles. The zero-order valence-electron chi connectivity index (χ0n) is 12.1. The van der Waals surface area contributed by atoms with Crippen LogP contribution in [-0.4, -0.2) is 24.1 Å². The number of carbonyl (C=O) groups is 2. The van der Waals surface area contributed by atoms with Crippen molar-refractivity contribution < 1.29 is 14.3 Å². The maximum atomic E-state index is 11.8. The van der Waals surface area contributed by atoms with Crippen molar-refractivity contribution >= 4 is 12.0 Å². The first kappa shape index (κ1) is 17.2. The Bertz CT molecular complexity index is 358. The number of hydrogen-bond acceptors (Lipinski definition) is 3. The summed E-state index contributed by atoms with van der Waals surface area (Å²) in [7, 11) is 0. The van der Waals surface area contributed by atoms with Crippen LogP contribution in [0.5, 0.6) is 0 Å². The smallest absolute Gasteiger partial charge is 0.408 e. The minimum atomic E-state index is -0.838. The predicted octanol–water partition coefficient (Wildman–Crippen LogP) is 1.99. The Morgan fingerprint density at radius 2 is 1.79 bits per heavy atom. The molecule has 0 saturated carbocycles. The molecular formula is C14H24N2O3. The van der Waals surface area contributed by atoms with Gasteiger partial charge in [-0.15, -0.1) is 6.58 Å². The van der Waals surface area contributed by atoms with Crippen LogP contribution in [0.2, 0.25) is 0 Å².